The number of benzene rings is 2. The van der Waals surface area contributed by atoms with Crippen LogP contribution in [-0.2, 0) is 6.54 Å². The van der Waals surface area contributed by atoms with Gasteiger partial charge in [0.25, 0.3) is 0 Å². The Bertz CT molecular complexity index is 1180. The molecule has 0 saturated carbocycles. The highest BCUT2D eigenvalue weighted by atomic mass is 16.5. The Labute approximate surface area is 181 Å². The molecular weight excluding hydrogens is 390 g/mol. The van der Waals surface area contributed by atoms with Crippen LogP contribution in [0.5, 0.6) is 5.75 Å². The Kier molecular flexibility index (Phi) is 6.46. The zero-order chi connectivity index (χ0) is 21.6. The van der Waals surface area contributed by atoms with E-state index < -0.39 is 0 Å². The lowest BCUT2D eigenvalue weighted by Crippen LogP contribution is -2.18. The van der Waals surface area contributed by atoms with E-state index in [1.54, 1.807) is 6.07 Å². The summed E-state index contributed by atoms with van der Waals surface area (Å²) in [6.45, 7) is 3.06. The van der Waals surface area contributed by atoms with Crippen molar-refractivity contribution in [3.8, 4) is 23.3 Å². The minimum atomic E-state index is -0.0514. The van der Waals surface area contributed by atoms with E-state index >= 15 is 0 Å². The maximum atomic E-state index is 9.03. The summed E-state index contributed by atoms with van der Waals surface area (Å²) >= 11 is 0. The van der Waals surface area contributed by atoms with Crippen molar-refractivity contribution in [1.29, 1.82) is 5.26 Å². The van der Waals surface area contributed by atoms with Crippen LogP contribution in [0.25, 0.3) is 28.1 Å². The van der Waals surface area contributed by atoms with Crippen LogP contribution in [0.15, 0.2) is 53.0 Å². The van der Waals surface area contributed by atoms with Gasteiger partial charge in [0.2, 0.25) is 5.89 Å². The lowest BCUT2D eigenvalue weighted by atomic mass is 9.91. The van der Waals surface area contributed by atoms with Crippen LogP contribution >= 0.6 is 0 Å². The minimum Gasteiger partial charge on any atom is -0.478 e. The number of nitrogens with zero attached hydrogens (tertiary/aromatic N) is 2. The topological polar surface area (TPSA) is 91.3 Å². The van der Waals surface area contributed by atoms with Gasteiger partial charge in [-0.05, 0) is 48.6 Å². The number of aliphatic hydroxyl groups excluding tert-OH is 1. The fourth-order valence-corrected chi connectivity index (χ4v) is 3.84. The standard InChI is InChI=1S/C25H25N3O3/c1-17-20(18-6-3-2-4-7-18)8-5-9-21(17)25-28-22-14-19(16-27-11-12-29)23(30-13-10-26)15-24(22)31-25/h2-3,5-6,8-9,14-15,27,29H,4,7,11-13,16H2,1H3. The molecule has 6 nitrogen and oxygen atoms in total. The lowest BCUT2D eigenvalue weighted by Gasteiger charge is -2.14. The monoisotopic (exact) mass is 415 g/mol. The van der Waals surface area contributed by atoms with E-state index in [0.717, 1.165) is 35.0 Å². The van der Waals surface area contributed by atoms with Crippen LogP contribution < -0.4 is 10.1 Å². The van der Waals surface area contributed by atoms with Gasteiger partial charge < -0.3 is 19.6 Å². The average molecular weight is 415 g/mol. The molecule has 1 heterocycles. The maximum absolute atomic E-state index is 9.03. The van der Waals surface area contributed by atoms with Crippen molar-refractivity contribution < 1.29 is 14.3 Å². The molecule has 3 aromatic rings. The summed E-state index contributed by atoms with van der Waals surface area (Å²) in [5.74, 6) is 1.14. The Morgan fingerprint density at radius 2 is 2.16 bits per heavy atom. The predicted octanol–water partition coefficient (Wildman–Crippen LogP) is 4.52. The highest BCUT2D eigenvalue weighted by Crippen LogP contribution is 2.35. The van der Waals surface area contributed by atoms with Crippen LogP contribution in [0.1, 0.15) is 29.5 Å². The van der Waals surface area contributed by atoms with Gasteiger partial charge >= 0.3 is 0 Å². The molecule has 2 aromatic carbocycles. The number of aromatic nitrogens is 1. The van der Waals surface area contributed by atoms with Crippen LogP contribution in [0, 0.1) is 18.3 Å². The van der Waals surface area contributed by atoms with E-state index in [1.807, 2.05) is 24.3 Å². The van der Waals surface area contributed by atoms with E-state index in [4.69, 9.17) is 24.5 Å². The molecule has 2 N–H and O–H groups in total. The van der Waals surface area contributed by atoms with Gasteiger partial charge in [0, 0.05) is 30.3 Å². The predicted molar refractivity (Wildman–Crippen MR) is 120 cm³/mol. The molecule has 0 saturated heterocycles. The zero-order valence-corrected chi connectivity index (χ0v) is 17.5. The number of hydrogen-bond donors (Lipinski definition) is 2. The van der Waals surface area contributed by atoms with E-state index in [1.165, 1.54) is 11.1 Å². The fourth-order valence-electron chi connectivity index (χ4n) is 3.84. The summed E-state index contributed by atoms with van der Waals surface area (Å²) in [5.41, 5.74) is 6.84. The number of allylic oxidation sites excluding steroid dienone is 4. The number of ether oxygens (including phenoxy) is 1. The first-order valence-electron chi connectivity index (χ1n) is 10.4. The molecule has 0 radical (unpaired) electrons. The molecule has 0 unspecified atom stereocenters. The summed E-state index contributed by atoms with van der Waals surface area (Å²) in [6, 6.07) is 11.9. The van der Waals surface area contributed by atoms with Crippen LogP contribution in [0.2, 0.25) is 0 Å². The normalized spacial score (nSPS) is 13.3. The summed E-state index contributed by atoms with van der Waals surface area (Å²) in [7, 11) is 0. The quantitative estimate of drug-likeness (QED) is 0.526. The van der Waals surface area contributed by atoms with E-state index in [2.05, 4.69) is 36.5 Å². The van der Waals surface area contributed by atoms with Crippen molar-refractivity contribution in [2.75, 3.05) is 19.8 Å². The van der Waals surface area contributed by atoms with E-state index in [0.29, 0.717) is 30.3 Å². The Hall–Kier alpha value is -3.40. The Morgan fingerprint density at radius 1 is 1.29 bits per heavy atom. The average Bonchev–Trinajstić information content (AvgIpc) is 3.21. The Balaban J connectivity index is 1.73. The third-order valence-corrected chi connectivity index (χ3v) is 5.39. The molecule has 4 rings (SSSR count). The lowest BCUT2D eigenvalue weighted by molar-refractivity contribution is 0.291. The van der Waals surface area contributed by atoms with Gasteiger partial charge in [-0.15, -0.1) is 0 Å². The van der Waals surface area contributed by atoms with Gasteiger partial charge in [0.1, 0.15) is 17.3 Å². The highest BCUT2D eigenvalue weighted by Gasteiger charge is 2.17. The van der Waals surface area contributed by atoms with Crippen LogP contribution in [0.3, 0.4) is 0 Å². The van der Waals surface area contributed by atoms with Crippen LogP contribution in [0.4, 0.5) is 0 Å². The van der Waals surface area contributed by atoms with Crippen LogP contribution in [-0.4, -0.2) is 29.8 Å². The van der Waals surface area contributed by atoms with Gasteiger partial charge in [0.05, 0.1) is 6.61 Å². The molecule has 0 fully saturated rings. The number of nitriles is 1. The second-order valence-corrected chi connectivity index (χ2v) is 7.43. The number of aliphatic hydroxyl groups is 1. The van der Waals surface area contributed by atoms with Crippen molar-refractivity contribution in [3.05, 3.63) is 65.3 Å². The first-order valence-corrected chi connectivity index (χ1v) is 10.4. The third kappa shape index (κ3) is 4.53. The Morgan fingerprint density at radius 3 is 2.94 bits per heavy atom. The number of rotatable bonds is 8. The number of nitrogens with one attached hydrogen (secondary N) is 1. The van der Waals surface area contributed by atoms with E-state index in [-0.39, 0.29) is 13.2 Å². The first-order chi connectivity index (χ1) is 15.2. The van der Waals surface area contributed by atoms with Gasteiger partial charge in [-0.25, -0.2) is 4.98 Å². The first kappa shape index (κ1) is 20.9. The van der Waals surface area contributed by atoms with Crippen molar-refractivity contribution in [2.45, 2.75) is 26.3 Å². The van der Waals surface area contributed by atoms with Crippen molar-refractivity contribution in [3.63, 3.8) is 0 Å². The SMILES string of the molecule is Cc1c(C2=CC=CCC2)cccc1-c1nc2cc(CNCCO)c(OCC#N)cc2o1. The second-order valence-electron chi connectivity index (χ2n) is 7.43. The summed E-state index contributed by atoms with van der Waals surface area (Å²) in [6.07, 6.45) is 8.54. The molecule has 31 heavy (non-hydrogen) atoms. The molecule has 0 atom stereocenters. The number of oxazole rings is 1. The van der Waals surface area contributed by atoms with Crippen molar-refractivity contribution >= 4 is 16.7 Å². The zero-order valence-electron chi connectivity index (χ0n) is 17.5. The number of hydrogen-bond acceptors (Lipinski definition) is 6. The third-order valence-electron chi connectivity index (χ3n) is 5.39. The van der Waals surface area contributed by atoms with Crippen molar-refractivity contribution in [1.82, 2.24) is 10.3 Å². The van der Waals surface area contributed by atoms with Crippen molar-refractivity contribution in [2.24, 2.45) is 0 Å². The molecule has 0 bridgehead atoms. The molecule has 1 aliphatic rings. The fraction of sp³-hybridized carbons (Fsp3) is 0.280. The van der Waals surface area contributed by atoms with Gasteiger partial charge in [0.15, 0.2) is 12.2 Å². The largest absolute Gasteiger partial charge is 0.478 e. The van der Waals surface area contributed by atoms with Gasteiger partial charge in [-0.2, -0.15) is 5.26 Å². The highest BCUT2D eigenvalue weighted by molar-refractivity contribution is 5.81. The molecule has 1 aromatic heterocycles. The second kappa shape index (κ2) is 9.61. The summed E-state index contributed by atoms with van der Waals surface area (Å²) < 4.78 is 11.7. The molecule has 0 aliphatic heterocycles. The number of fused-ring (bicyclic) bond motifs is 1. The maximum Gasteiger partial charge on any atom is 0.227 e. The molecule has 0 amide bonds. The molecular formula is C25H25N3O3. The summed E-state index contributed by atoms with van der Waals surface area (Å²) in [4.78, 5) is 4.74. The smallest absolute Gasteiger partial charge is 0.227 e. The van der Waals surface area contributed by atoms with Gasteiger partial charge in [-0.3, -0.25) is 0 Å². The van der Waals surface area contributed by atoms with Gasteiger partial charge in [-0.1, -0.05) is 30.4 Å². The minimum absolute atomic E-state index is 0.0482. The molecule has 158 valence electrons. The van der Waals surface area contributed by atoms with E-state index in [9.17, 15) is 0 Å². The molecule has 1 aliphatic carbocycles. The molecule has 6 heteroatoms. The summed E-state index contributed by atoms with van der Waals surface area (Å²) in [5, 5.41) is 21.1. The molecule has 0 spiro atoms.